The third kappa shape index (κ3) is 2.14. The molecule has 0 N–H and O–H groups in total. The quantitative estimate of drug-likeness (QED) is 0.671. The minimum atomic E-state index is 0.233. The molecule has 0 saturated carbocycles. The van der Waals surface area contributed by atoms with Crippen LogP contribution in [0.3, 0.4) is 0 Å². The molecule has 1 aliphatic heterocycles. The Kier molecular flexibility index (Phi) is 2.84. The van der Waals surface area contributed by atoms with Gasteiger partial charge < -0.3 is 4.74 Å². The van der Waals surface area contributed by atoms with E-state index in [9.17, 15) is 4.79 Å². The van der Waals surface area contributed by atoms with Crippen molar-refractivity contribution in [2.24, 2.45) is 0 Å². The lowest BCUT2D eigenvalue weighted by Crippen LogP contribution is -2.12. The van der Waals surface area contributed by atoms with Crippen LogP contribution in [0, 0.1) is 0 Å². The molecule has 1 saturated heterocycles. The maximum atomic E-state index is 10.5. The summed E-state index contributed by atoms with van der Waals surface area (Å²) in [6.45, 7) is 0.831. The van der Waals surface area contributed by atoms with Crippen LogP contribution in [-0.4, -0.2) is 29.0 Å². The number of hydrogen-bond acceptors (Lipinski definition) is 4. The van der Waals surface area contributed by atoms with Gasteiger partial charge in [0.15, 0.2) is 6.29 Å². The first-order valence-electron chi connectivity index (χ1n) is 4.77. The fourth-order valence-corrected chi connectivity index (χ4v) is 1.59. The van der Waals surface area contributed by atoms with Crippen molar-refractivity contribution in [3.8, 4) is 0 Å². The Morgan fingerprint density at radius 2 is 2.57 bits per heavy atom. The van der Waals surface area contributed by atoms with Crippen molar-refractivity contribution in [3.63, 3.8) is 0 Å². The van der Waals surface area contributed by atoms with Crippen molar-refractivity contribution < 1.29 is 9.53 Å². The third-order valence-corrected chi connectivity index (χ3v) is 2.28. The fraction of sp³-hybridized carbons (Fsp3) is 0.500. The van der Waals surface area contributed by atoms with Crippen molar-refractivity contribution in [3.05, 3.63) is 23.8 Å². The van der Waals surface area contributed by atoms with Crippen LogP contribution in [0.1, 0.15) is 29.2 Å². The van der Waals surface area contributed by atoms with E-state index in [0.717, 1.165) is 25.7 Å². The molecule has 0 spiro atoms. The summed E-state index contributed by atoms with van der Waals surface area (Å²) in [7, 11) is 0. The number of hydrogen-bond donors (Lipinski definition) is 0. The Morgan fingerprint density at radius 3 is 3.29 bits per heavy atom. The maximum absolute atomic E-state index is 10.5. The zero-order chi connectivity index (χ0) is 9.80. The Morgan fingerprint density at radius 1 is 1.64 bits per heavy atom. The summed E-state index contributed by atoms with van der Waals surface area (Å²) in [5.41, 5.74) is 0.438. The van der Waals surface area contributed by atoms with Crippen molar-refractivity contribution >= 4 is 6.29 Å². The average Bonchev–Trinajstić information content (AvgIpc) is 2.71. The van der Waals surface area contributed by atoms with E-state index in [0.29, 0.717) is 17.9 Å². The van der Waals surface area contributed by atoms with Gasteiger partial charge in [-0.15, -0.1) is 0 Å². The first kappa shape index (κ1) is 9.27. The van der Waals surface area contributed by atoms with Gasteiger partial charge in [0.2, 0.25) is 0 Å². The molecule has 2 rings (SSSR count). The molecule has 1 aliphatic rings. The van der Waals surface area contributed by atoms with E-state index in [-0.39, 0.29) is 6.10 Å². The van der Waals surface area contributed by atoms with Gasteiger partial charge in [0.05, 0.1) is 6.10 Å². The number of nitrogens with zero attached hydrogens (tertiary/aromatic N) is 2. The third-order valence-electron chi connectivity index (χ3n) is 2.28. The molecule has 0 bridgehead atoms. The Labute approximate surface area is 82.3 Å². The van der Waals surface area contributed by atoms with Crippen LogP contribution in [0.2, 0.25) is 0 Å². The second-order valence-corrected chi connectivity index (χ2v) is 3.35. The highest BCUT2D eigenvalue weighted by Crippen LogP contribution is 2.15. The van der Waals surface area contributed by atoms with Crippen molar-refractivity contribution in [1.29, 1.82) is 0 Å². The zero-order valence-corrected chi connectivity index (χ0v) is 7.85. The first-order valence-corrected chi connectivity index (χ1v) is 4.77. The average molecular weight is 192 g/mol. The summed E-state index contributed by atoms with van der Waals surface area (Å²) >= 11 is 0. The van der Waals surface area contributed by atoms with Gasteiger partial charge in [-0.25, -0.2) is 9.97 Å². The van der Waals surface area contributed by atoms with Crippen LogP contribution in [0.5, 0.6) is 0 Å². The van der Waals surface area contributed by atoms with Crippen LogP contribution >= 0.6 is 0 Å². The smallest absolute Gasteiger partial charge is 0.168 e. The van der Waals surface area contributed by atoms with Gasteiger partial charge in [0.1, 0.15) is 11.5 Å². The summed E-state index contributed by atoms with van der Waals surface area (Å²) < 4.78 is 5.46. The van der Waals surface area contributed by atoms with Crippen LogP contribution in [-0.2, 0) is 11.2 Å². The van der Waals surface area contributed by atoms with Gasteiger partial charge in [0.25, 0.3) is 0 Å². The topological polar surface area (TPSA) is 52.1 Å². The molecule has 14 heavy (non-hydrogen) atoms. The second kappa shape index (κ2) is 4.28. The number of carbonyl (C=O) groups excluding carboxylic acids is 1. The number of ether oxygens (including phenoxy) is 1. The van der Waals surface area contributed by atoms with E-state index in [1.165, 1.54) is 0 Å². The van der Waals surface area contributed by atoms with Crippen LogP contribution in [0.25, 0.3) is 0 Å². The van der Waals surface area contributed by atoms with E-state index < -0.39 is 0 Å². The molecular weight excluding hydrogens is 180 g/mol. The predicted molar refractivity (Wildman–Crippen MR) is 50.1 cm³/mol. The summed E-state index contributed by atoms with van der Waals surface area (Å²) in [4.78, 5) is 18.7. The largest absolute Gasteiger partial charge is 0.378 e. The van der Waals surface area contributed by atoms with Crippen LogP contribution in [0.15, 0.2) is 12.3 Å². The Bertz CT molecular complexity index is 322. The minimum absolute atomic E-state index is 0.233. The van der Waals surface area contributed by atoms with E-state index in [2.05, 4.69) is 9.97 Å². The van der Waals surface area contributed by atoms with Crippen LogP contribution < -0.4 is 0 Å². The lowest BCUT2D eigenvalue weighted by atomic mass is 10.2. The molecule has 1 unspecified atom stereocenters. The molecule has 1 atom stereocenters. The number of aldehydes is 1. The lowest BCUT2D eigenvalue weighted by molar-refractivity contribution is 0.108. The molecule has 1 aromatic rings. The van der Waals surface area contributed by atoms with Gasteiger partial charge in [-0.3, -0.25) is 4.79 Å². The SMILES string of the molecule is O=Cc1ccnc(CC2CCCO2)n1. The second-order valence-electron chi connectivity index (χ2n) is 3.35. The van der Waals surface area contributed by atoms with Crippen molar-refractivity contribution in [2.45, 2.75) is 25.4 Å². The van der Waals surface area contributed by atoms with Gasteiger partial charge >= 0.3 is 0 Å². The molecule has 2 heterocycles. The molecule has 4 nitrogen and oxygen atoms in total. The summed E-state index contributed by atoms with van der Waals surface area (Å²) in [6, 6.07) is 1.60. The van der Waals surface area contributed by atoms with E-state index in [4.69, 9.17) is 4.74 Å². The van der Waals surface area contributed by atoms with Crippen LogP contribution in [0.4, 0.5) is 0 Å². The van der Waals surface area contributed by atoms with E-state index >= 15 is 0 Å². The molecule has 74 valence electrons. The summed E-state index contributed by atoms with van der Waals surface area (Å²) in [6.07, 6.45) is 5.47. The van der Waals surface area contributed by atoms with Crippen molar-refractivity contribution in [1.82, 2.24) is 9.97 Å². The fourth-order valence-electron chi connectivity index (χ4n) is 1.59. The number of carbonyl (C=O) groups is 1. The molecule has 0 radical (unpaired) electrons. The standard InChI is InChI=1S/C10H12N2O2/c13-7-8-3-4-11-10(12-8)6-9-2-1-5-14-9/h3-4,7,9H,1-2,5-6H2. The monoisotopic (exact) mass is 192 g/mol. The summed E-state index contributed by atoms with van der Waals surface area (Å²) in [5.74, 6) is 0.696. The highest BCUT2D eigenvalue weighted by atomic mass is 16.5. The molecule has 1 aromatic heterocycles. The zero-order valence-electron chi connectivity index (χ0n) is 7.85. The molecule has 0 amide bonds. The maximum Gasteiger partial charge on any atom is 0.168 e. The highest BCUT2D eigenvalue weighted by molar-refractivity contribution is 5.71. The van der Waals surface area contributed by atoms with Gasteiger partial charge in [-0.2, -0.15) is 0 Å². The molecule has 1 fully saturated rings. The number of rotatable bonds is 3. The molecule has 0 aromatic carbocycles. The normalized spacial score (nSPS) is 21.0. The number of aromatic nitrogens is 2. The van der Waals surface area contributed by atoms with Gasteiger partial charge in [-0.1, -0.05) is 0 Å². The molecule has 0 aliphatic carbocycles. The summed E-state index contributed by atoms with van der Waals surface area (Å²) in [5, 5.41) is 0. The minimum Gasteiger partial charge on any atom is -0.378 e. The highest BCUT2D eigenvalue weighted by Gasteiger charge is 2.17. The van der Waals surface area contributed by atoms with Gasteiger partial charge in [0, 0.05) is 19.2 Å². The molecular formula is C10H12N2O2. The van der Waals surface area contributed by atoms with Crippen molar-refractivity contribution in [2.75, 3.05) is 6.61 Å². The Hall–Kier alpha value is -1.29. The molecule has 4 heteroatoms. The van der Waals surface area contributed by atoms with E-state index in [1.807, 2.05) is 0 Å². The first-order chi connectivity index (χ1) is 6.88. The lowest BCUT2D eigenvalue weighted by Gasteiger charge is -2.07. The van der Waals surface area contributed by atoms with E-state index in [1.54, 1.807) is 12.3 Å². The van der Waals surface area contributed by atoms with Gasteiger partial charge in [-0.05, 0) is 18.9 Å². The Balaban J connectivity index is 2.04. The predicted octanol–water partition coefficient (Wildman–Crippen LogP) is 1.01.